The summed E-state index contributed by atoms with van der Waals surface area (Å²) in [4.78, 5) is 10.7. The Kier molecular flexibility index (Phi) is 1.83. The van der Waals surface area contributed by atoms with Crippen molar-refractivity contribution in [1.82, 2.24) is 0 Å². The largest absolute Gasteiger partial charge is 0.508 e. The Balaban J connectivity index is 2.18. The molecule has 0 heterocycles. The van der Waals surface area contributed by atoms with Crippen molar-refractivity contribution < 1.29 is 14.3 Å². The van der Waals surface area contributed by atoms with Gasteiger partial charge in [0.1, 0.15) is 5.60 Å². The van der Waals surface area contributed by atoms with Gasteiger partial charge in [0, 0.05) is 0 Å². The molecule has 0 saturated heterocycles. The van der Waals surface area contributed by atoms with Gasteiger partial charge < -0.3 is 9.47 Å². The molecule has 0 spiro atoms. The van der Waals surface area contributed by atoms with E-state index in [0.29, 0.717) is 6.61 Å². The van der Waals surface area contributed by atoms with E-state index in [1.165, 1.54) is 0 Å². The van der Waals surface area contributed by atoms with Crippen molar-refractivity contribution in [2.75, 3.05) is 6.61 Å². The van der Waals surface area contributed by atoms with Crippen LogP contribution in [0.3, 0.4) is 0 Å². The third kappa shape index (κ3) is 1.90. The fourth-order valence-electron chi connectivity index (χ4n) is 0.627. The van der Waals surface area contributed by atoms with E-state index in [0.717, 1.165) is 12.8 Å². The topological polar surface area (TPSA) is 35.5 Å². The lowest BCUT2D eigenvalue weighted by Gasteiger charge is -2.09. The molecule has 0 aromatic carbocycles. The highest BCUT2D eigenvalue weighted by atomic mass is 16.7. The minimum absolute atomic E-state index is 0.202. The number of carbonyl (C=O) groups excluding carboxylic acids is 1. The first-order chi connectivity index (χ1) is 4.66. The Morgan fingerprint density at radius 1 is 1.60 bits per heavy atom. The highest BCUT2D eigenvalue weighted by Crippen LogP contribution is 2.38. The maximum atomic E-state index is 10.7. The molecule has 3 heteroatoms. The summed E-state index contributed by atoms with van der Waals surface area (Å²) in [5, 5.41) is 0. The minimum atomic E-state index is -0.539. The van der Waals surface area contributed by atoms with Gasteiger partial charge in [-0.25, -0.2) is 4.79 Å². The molecule has 0 amide bonds. The van der Waals surface area contributed by atoms with Gasteiger partial charge in [-0.3, -0.25) is 0 Å². The summed E-state index contributed by atoms with van der Waals surface area (Å²) in [5.41, 5.74) is -0.202. The lowest BCUT2D eigenvalue weighted by atomic mass is 10.4. The van der Waals surface area contributed by atoms with E-state index in [1.807, 2.05) is 6.92 Å². The van der Waals surface area contributed by atoms with Gasteiger partial charge in [-0.05, 0) is 26.7 Å². The van der Waals surface area contributed by atoms with Gasteiger partial charge in [0.05, 0.1) is 6.61 Å². The average molecular weight is 144 g/mol. The van der Waals surface area contributed by atoms with Crippen LogP contribution in [-0.2, 0) is 9.47 Å². The predicted molar refractivity (Wildman–Crippen MR) is 35.7 cm³/mol. The predicted octanol–water partition coefficient (Wildman–Crippen LogP) is 1.71. The highest BCUT2D eigenvalue weighted by Gasteiger charge is 2.42. The molecule has 1 aliphatic carbocycles. The van der Waals surface area contributed by atoms with Crippen molar-refractivity contribution >= 4 is 6.16 Å². The van der Waals surface area contributed by atoms with Crippen molar-refractivity contribution in [2.24, 2.45) is 0 Å². The molecule has 1 fully saturated rings. The summed E-state index contributed by atoms with van der Waals surface area (Å²) in [6.45, 7) is 4.05. The third-order valence-electron chi connectivity index (χ3n) is 1.55. The van der Waals surface area contributed by atoms with Crippen LogP contribution >= 0.6 is 0 Å². The monoisotopic (exact) mass is 144 g/mol. The molecule has 0 aliphatic heterocycles. The first-order valence-corrected chi connectivity index (χ1v) is 3.52. The van der Waals surface area contributed by atoms with Crippen LogP contribution in [0.25, 0.3) is 0 Å². The Bertz CT molecular complexity index is 138. The molecule has 58 valence electrons. The SMILES string of the molecule is CCOC(=O)OC1(C)CC1. The van der Waals surface area contributed by atoms with Crippen molar-refractivity contribution in [2.45, 2.75) is 32.3 Å². The first kappa shape index (κ1) is 7.38. The van der Waals surface area contributed by atoms with E-state index in [9.17, 15) is 4.79 Å². The molecule has 0 aromatic rings. The standard InChI is InChI=1S/C7H12O3/c1-3-9-6(8)10-7(2)4-5-7/h3-5H2,1-2H3. The van der Waals surface area contributed by atoms with Crippen LogP contribution in [0.15, 0.2) is 0 Å². The van der Waals surface area contributed by atoms with Crippen LogP contribution in [-0.4, -0.2) is 18.4 Å². The minimum Gasteiger partial charge on any atom is -0.435 e. The first-order valence-electron chi connectivity index (χ1n) is 3.52. The van der Waals surface area contributed by atoms with Crippen LogP contribution in [0.4, 0.5) is 4.79 Å². The number of ether oxygens (including phenoxy) is 2. The highest BCUT2D eigenvalue weighted by molar-refractivity contribution is 5.60. The summed E-state index contributed by atoms with van der Waals surface area (Å²) in [6.07, 6.45) is 1.39. The Hall–Kier alpha value is -0.730. The summed E-state index contributed by atoms with van der Waals surface area (Å²) in [7, 11) is 0. The van der Waals surface area contributed by atoms with Crippen LogP contribution in [0.5, 0.6) is 0 Å². The van der Waals surface area contributed by atoms with Crippen molar-refractivity contribution in [3.05, 3.63) is 0 Å². The Labute approximate surface area is 60.3 Å². The van der Waals surface area contributed by atoms with Gasteiger partial charge >= 0.3 is 6.16 Å². The van der Waals surface area contributed by atoms with E-state index in [1.54, 1.807) is 6.92 Å². The number of hydrogen-bond donors (Lipinski definition) is 0. The molecular weight excluding hydrogens is 132 g/mol. The number of rotatable bonds is 2. The zero-order valence-electron chi connectivity index (χ0n) is 6.35. The fraction of sp³-hybridized carbons (Fsp3) is 0.857. The van der Waals surface area contributed by atoms with E-state index < -0.39 is 6.16 Å². The average Bonchev–Trinajstić information content (AvgIpc) is 2.48. The lowest BCUT2D eigenvalue weighted by Crippen LogP contribution is -2.16. The Morgan fingerprint density at radius 2 is 2.20 bits per heavy atom. The zero-order chi connectivity index (χ0) is 7.61. The summed E-state index contributed by atoms with van der Waals surface area (Å²) >= 11 is 0. The quantitative estimate of drug-likeness (QED) is 0.553. The van der Waals surface area contributed by atoms with Gasteiger partial charge in [0.15, 0.2) is 0 Å². The van der Waals surface area contributed by atoms with Gasteiger partial charge in [0.25, 0.3) is 0 Å². The van der Waals surface area contributed by atoms with E-state index in [2.05, 4.69) is 4.74 Å². The molecule has 0 N–H and O–H groups in total. The van der Waals surface area contributed by atoms with Crippen LogP contribution < -0.4 is 0 Å². The maximum Gasteiger partial charge on any atom is 0.508 e. The van der Waals surface area contributed by atoms with Gasteiger partial charge in [-0.2, -0.15) is 0 Å². The molecule has 0 unspecified atom stereocenters. The maximum absolute atomic E-state index is 10.7. The van der Waals surface area contributed by atoms with Crippen molar-refractivity contribution in [3.63, 3.8) is 0 Å². The number of hydrogen-bond acceptors (Lipinski definition) is 3. The van der Waals surface area contributed by atoms with Gasteiger partial charge in [-0.1, -0.05) is 0 Å². The van der Waals surface area contributed by atoms with Crippen LogP contribution in [0, 0.1) is 0 Å². The summed E-state index contributed by atoms with van der Waals surface area (Å²) in [5.74, 6) is 0. The summed E-state index contributed by atoms with van der Waals surface area (Å²) in [6, 6.07) is 0. The molecule has 3 nitrogen and oxygen atoms in total. The van der Waals surface area contributed by atoms with E-state index >= 15 is 0 Å². The number of carbonyl (C=O) groups is 1. The molecule has 0 bridgehead atoms. The van der Waals surface area contributed by atoms with Crippen LogP contribution in [0.2, 0.25) is 0 Å². The lowest BCUT2D eigenvalue weighted by molar-refractivity contribution is 0.0226. The van der Waals surface area contributed by atoms with E-state index in [-0.39, 0.29) is 5.60 Å². The molecule has 0 atom stereocenters. The van der Waals surface area contributed by atoms with E-state index in [4.69, 9.17) is 4.74 Å². The van der Waals surface area contributed by atoms with Crippen molar-refractivity contribution in [3.8, 4) is 0 Å². The molecule has 0 radical (unpaired) electrons. The third-order valence-corrected chi connectivity index (χ3v) is 1.55. The molecule has 10 heavy (non-hydrogen) atoms. The second-order valence-electron chi connectivity index (χ2n) is 2.73. The van der Waals surface area contributed by atoms with Crippen molar-refractivity contribution in [1.29, 1.82) is 0 Å². The van der Waals surface area contributed by atoms with Crippen LogP contribution in [0.1, 0.15) is 26.7 Å². The fourth-order valence-corrected chi connectivity index (χ4v) is 0.627. The van der Waals surface area contributed by atoms with Gasteiger partial charge in [-0.15, -0.1) is 0 Å². The Morgan fingerprint density at radius 3 is 2.60 bits per heavy atom. The smallest absolute Gasteiger partial charge is 0.435 e. The molecule has 1 aliphatic rings. The summed E-state index contributed by atoms with van der Waals surface area (Å²) < 4.78 is 9.52. The molecule has 1 rings (SSSR count). The second kappa shape index (κ2) is 2.48. The normalized spacial score (nSPS) is 19.8. The molecule has 0 aromatic heterocycles. The zero-order valence-corrected chi connectivity index (χ0v) is 6.35. The molecular formula is C7H12O3. The van der Waals surface area contributed by atoms with Gasteiger partial charge in [0.2, 0.25) is 0 Å². The molecule has 1 saturated carbocycles. The second-order valence-corrected chi connectivity index (χ2v) is 2.73.